The van der Waals surface area contributed by atoms with Crippen LogP contribution in [-0.2, 0) is 12.3 Å². The number of halogens is 1. The van der Waals surface area contributed by atoms with Crippen LogP contribution in [0.25, 0.3) is 0 Å². The fourth-order valence-corrected chi connectivity index (χ4v) is 3.59. The zero-order valence-corrected chi connectivity index (χ0v) is 14.8. The van der Waals surface area contributed by atoms with Crippen molar-refractivity contribution in [2.45, 2.75) is 17.5 Å². The average Bonchev–Trinajstić information content (AvgIpc) is 3.25. The third-order valence-corrected chi connectivity index (χ3v) is 4.88. The molecule has 10 heteroatoms. The summed E-state index contributed by atoms with van der Waals surface area (Å²) in [6.07, 6.45) is 3.06. The molecular weight excluding hydrogens is 398 g/mol. The number of benzene rings is 1. The van der Waals surface area contributed by atoms with E-state index in [2.05, 4.69) is 36.2 Å². The molecule has 0 amide bonds. The first-order chi connectivity index (χ1) is 11.8. The molecule has 3 heterocycles. The van der Waals surface area contributed by atoms with Crippen molar-refractivity contribution in [3.63, 3.8) is 0 Å². The summed E-state index contributed by atoms with van der Waals surface area (Å²) in [4.78, 5) is 3.88. The van der Waals surface area contributed by atoms with Gasteiger partial charge in [0.15, 0.2) is 11.5 Å². The second-order valence-corrected chi connectivity index (χ2v) is 6.71. The monoisotopic (exact) mass is 409 g/mol. The van der Waals surface area contributed by atoms with Gasteiger partial charge in [0, 0.05) is 10.2 Å². The Morgan fingerprint density at radius 3 is 2.79 bits per heavy atom. The minimum Gasteiger partial charge on any atom is -0.486 e. The minimum atomic E-state index is 0.404. The van der Waals surface area contributed by atoms with Crippen molar-refractivity contribution < 1.29 is 13.9 Å². The highest BCUT2D eigenvalue weighted by Gasteiger charge is 2.16. The standard InChI is InChI=1S/C14H12BrN5O3S/c15-10-4-12-11(21-1-2-22-12)3-9(10)6-24-14-19-18-13(23-14)5-20-8-16-7-17-20/h3-4,7-8H,1-2,5-6H2. The molecule has 0 saturated carbocycles. The number of ether oxygens (including phenoxy) is 2. The van der Waals surface area contributed by atoms with Gasteiger partial charge in [-0.05, 0) is 17.7 Å². The molecule has 3 aromatic rings. The van der Waals surface area contributed by atoms with E-state index in [4.69, 9.17) is 13.9 Å². The summed E-state index contributed by atoms with van der Waals surface area (Å²) in [5, 5.41) is 12.6. The molecule has 0 bridgehead atoms. The first-order valence-corrected chi connectivity index (χ1v) is 8.91. The van der Waals surface area contributed by atoms with Crippen molar-refractivity contribution in [2.24, 2.45) is 0 Å². The van der Waals surface area contributed by atoms with Crippen LogP contribution in [-0.4, -0.2) is 38.2 Å². The molecule has 1 aliphatic rings. The molecule has 1 aromatic carbocycles. The van der Waals surface area contributed by atoms with Crippen molar-refractivity contribution >= 4 is 27.7 Å². The minimum absolute atomic E-state index is 0.404. The third kappa shape index (κ3) is 3.39. The summed E-state index contributed by atoms with van der Waals surface area (Å²) >= 11 is 5.02. The zero-order valence-electron chi connectivity index (χ0n) is 12.4. The molecule has 124 valence electrons. The zero-order chi connectivity index (χ0) is 16.4. The fraction of sp³-hybridized carbons (Fsp3) is 0.286. The van der Waals surface area contributed by atoms with Gasteiger partial charge in [-0.2, -0.15) is 5.10 Å². The van der Waals surface area contributed by atoms with Gasteiger partial charge >= 0.3 is 0 Å². The van der Waals surface area contributed by atoms with E-state index in [1.165, 1.54) is 18.1 Å². The van der Waals surface area contributed by atoms with Gasteiger partial charge in [-0.15, -0.1) is 10.2 Å². The number of hydrogen-bond donors (Lipinski definition) is 0. The summed E-state index contributed by atoms with van der Waals surface area (Å²) in [6.45, 7) is 1.54. The lowest BCUT2D eigenvalue weighted by Gasteiger charge is -2.19. The fourth-order valence-electron chi connectivity index (χ4n) is 2.17. The maximum absolute atomic E-state index is 5.61. The van der Waals surface area contributed by atoms with Crippen molar-refractivity contribution in [1.82, 2.24) is 25.0 Å². The van der Waals surface area contributed by atoms with Crippen molar-refractivity contribution in [3.05, 3.63) is 40.7 Å². The predicted octanol–water partition coefficient (Wildman–Crippen LogP) is 2.54. The molecule has 0 saturated heterocycles. The number of fused-ring (bicyclic) bond motifs is 1. The van der Waals surface area contributed by atoms with Gasteiger partial charge < -0.3 is 13.9 Å². The van der Waals surface area contributed by atoms with Gasteiger partial charge in [0.1, 0.15) is 32.4 Å². The van der Waals surface area contributed by atoms with E-state index < -0.39 is 0 Å². The average molecular weight is 410 g/mol. The lowest BCUT2D eigenvalue weighted by Crippen LogP contribution is -2.15. The van der Waals surface area contributed by atoms with E-state index in [0.29, 0.717) is 36.6 Å². The molecule has 0 spiro atoms. The van der Waals surface area contributed by atoms with Gasteiger partial charge in [0.05, 0.1) is 0 Å². The predicted molar refractivity (Wildman–Crippen MR) is 88.1 cm³/mol. The first-order valence-electron chi connectivity index (χ1n) is 7.13. The number of rotatable bonds is 5. The maximum Gasteiger partial charge on any atom is 0.276 e. The maximum atomic E-state index is 5.61. The van der Waals surface area contributed by atoms with Crippen molar-refractivity contribution in [2.75, 3.05) is 13.2 Å². The summed E-state index contributed by atoms with van der Waals surface area (Å²) < 4.78 is 19.4. The van der Waals surface area contributed by atoms with Crippen LogP contribution in [0.15, 0.2) is 38.9 Å². The molecule has 4 rings (SSSR count). The largest absolute Gasteiger partial charge is 0.486 e. The van der Waals surface area contributed by atoms with Crippen LogP contribution >= 0.6 is 27.7 Å². The Labute approximate surface area is 149 Å². The summed E-state index contributed by atoms with van der Waals surface area (Å²) in [6, 6.07) is 3.90. The molecule has 24 heavy (non-hydrogen) atoms. The highest BCUT2D eigenvalue weighted by Crippen LogP contribution is 2.37. The number of thioether (sulfide) groups is 1. The SMILES string of the molecule is Brc1cc2c(cc1CSc1nnc(Cn3cncn3)o1)OCCO2. The lowest BCUT2D eigenvalue weighted by molar-refractivity contribution is 0.171. The molecule has 2 aromatic heterocycles. The molecule has 0 aliphatic carbocycles. The molecule has 0 N–H and O–H groups in total. The lowest BCUT2D eigenvalue weighted by atomic mass is 10.2. The van der Waals surface area contributed by atoms with Crippen molar-refractivity contribution in [3.8, 4) is 11.5 Å². The van der Waals surface area contributed by atoms with E-state index in [0.717, 1.165) is 21.5 Å². The quantitative estimate of drug-likeness (QED) is 0.593. The summed E-state index contributed by atoms with van der Waals surface area (Å²) in [5.41, 5.74) is 1.07. The van der Waals surface area contributed by atoms with Crippen LogP contribution in [0.1, 0.15) is 11.5 Å². The van der Waals surface area contributed by atoms with E-state index in [1.807, 2.05) is 12.1 Å². The number of nitrogens with zero attached hydrogens (tertiary/aromatic N) is 5. The van der Waals surface area contributed by atoms with Crippen molar-refractivity contribution in [1.29, 1.82) is 0 Å². The summed E-state index contributed by atoms with van der Waals surface area (Å²) in [5.74, 6) is 2.68. The Hall–Kier alpha value is -2.07. The van der Waals surface area contributed by atoms with Gasteiger partial charge in [0.25, 0.3) is 5.22 Å². The Morgan fingerprint density at radius 1 is 1.17 bits per heavy atom. The van der Waals surface area contributed by atoms with E-state index in [-0.39, 0.29) is 0 Å². The first kappa shape index (κ1) is 15.5. The van der Waals surface area contributed by atoms with Crippen LogP contribution in [0.3, 0.4) is 0 Å². The molecular formula is C14H12BrN5O3S. The van der Waals surface area contributed by atoms with Gasteiger partial charge in [0.2, 0.25) is 5.89 Å². The van der Waals surface area contributed by atoms with Gasteiger partial charge in [-0.3, -0.25) is 0 Å². The Balaban J connectivity index is 1.42. The molecule has 0 fully saturated rings. The Morgan fingerprint density at radius 2 is 2.00 bits per heavy atom. The van der Waals surface area contributed by atoms with Gasteiger partial charge in [-0.25, -0.2) is 9.67 Å². The molecule has 0 unspecified atom stereocenters. The smallest absolute Gasteiger partial charge is 0.276 e. The third-order valence-electron chi connectivity index (χ3n) is 3.27. The Bertz CT molecular complexity index is 839. The van der Waals surface area contributed by atoms with E-state index in [9.17, 15) is 0 Å². The van der Waals surface area contributed by atoms with Crippen LogP contribution in [0, 0.1) is 0 Å². The summed E-state index contributed by atoms with van der Waals surface area (Å²) in [7, 11) is 0. The number of hydrogen-bond acceptors (Lipinski definition) is 8. The molecule has 0 radical (unpaired) electrons. The second kappa shape index (κ2) is 6.81. The highest BCUT2D eigenvalue weighted by atomic mass is 79.9. The molecule has 0 atom stereocenters. The molecule has 1 aliphatic heterocycles. The Kier molecular flexibility index (Phi) is 4.39. The second-order valence-electron chi connectivity index (χ2n) is 4.93. The molecule has 8 nitrogen and oxygen atoms in total. The van der Waals surface area contributed by atoms with Crippen LogP contribution in [0.2, 0.25) is 0 Å². The highest BCUT2D eigenvalue weighted by molar-refractivity contribution is 9.10. The topological polar surface area (TPSA) is 88.1 Å². The normalized spacial score (nSPS) is 13.2. The van der Waals surface area contributed by atoms with Crippen LogP contribution in [0.4, 0.5) is 0 Å². The van der Waals surface area contributed by atoms with E-state index >= 15 is 0 Å². The number of aromatic nitrogens is 5. The van der Waals surface area contributed by atoms with Crippen LogP contribution < -0.4 is 9.47 Å². The van der Waals surface area contributed by atoms with Crippen LogP contribution in [0.5, 0.6) is 11.5 Å². The van der Waals surface area contributed by atoms with Gasteiger partial charge in [-0.1, -0.05) is 27.7 Å². The van der Waals surface area contributed by atoms with E-state index in [1.54, 1.807) is 11.0 Å².